The smallest absolute Gasteiger partial charge is 0.246 e. The first-order valence-corrected chi connectivity index (χ1v) is 6.47. The molecule has 4 nitrogen and oxygen atoms in total. The van der Waals surface area contributed by atoms with Crippen molar-refractivity contribution in [1.82, 2.24) is 4.90 Å². The van der Waals surface area contributed by atoms with E-state index in [2.05, 4.69) is 0 Å². The van der Waals surface area contributed by atoms with Crippen molar-refractivity contribution in [2.75, 3.05) is 20.2 Å². The van der Waals surface area contributed by atoms with Crippen LogP contribution in [0.4, 0.5) is 0 Å². The van der Waals surface area contributed by atoms with Crippen molar-refractivity contribution in [2.45, 2.75) is 19.4 Å². The lowest BCUT2D eigenvalue weighted by molar-refractivity contribution is -0.125. The van der Waals surface area contributed by atoms with Crippen molar-refractivity contribution in [3.05, 3.63) is 35.9 Å². The topological polar surface area (TPSA) is 55.6 Å². The first-order valence-electron chi connectivity index (χ1n) is 6.47. The normalized spacial score (nSPS) is 19.6. The molecule has 0 bridgehead atoms. The van der Waals surface area contributed by atoms with Crippen LogP contribution in [0.3, 0.4) is 0 Å². The standard InChI is InChI=1S/C15H20N2O2/c1-11(12-3-5-14(19-2)6-4-12)9-15(18)17-8-7-13(16)10-17/h3-6,9,13H,7-8,10,16H2,1-2H3/b11-9+. The van der Waals surface area contributed by atoms with Gasteiger partial charge in [-0.1, -0.05) is 12.1 Å². The van der Waals surface area contributed by atoms with Gasteiger partial charge >= 0.3 is 0 Å². The minimum atomic E-state index is 0.0428. The Morgan fingerprint density at radius 2 is 2.11 bits per heavy atom. The number of likely N-dealkylation sites (tertiary alicyclic amines) is 1. The molecule has 0 aliphatic carbocycles. The Balaban J connectivity index is 2.07. The minimum Gasteiger partial charge on any atom is -0.497 e. The molecule has 2 rings (SSSR count). The predicted molar refractivity (Wildman–Crippen MR) is 75.8 cm³/mol. The van der Waals surface area contributed by atoms with Gasteiger partial charge in [-0.3, -0.25) is 4.79 Å². The fraction of sp³-hybridized carbons (Fsp3) is 0.400. The first-order chi connectivity index (χ1) is 9.10. The van der Waals surface area contributed by atoms with Crippen LogP contribution in [-0.2, 0) is 4.79 Å². The summed E-state index contributed by atoms with van der Waals surface area (Å²) >= 11 is 0. The van der Waals surface area contributed by atoms with Gasteiger partial charge in [0.15, 0.2) is 0 Å². The number of hydrogen-bond donors (Lipinski definition) is 1. The van der Waals surface area contributed by atoms with Crippen molar-refractivity contribution in [1.29, 1.82) is 0 Å². The Hall–Kier alpha value is -1.81. The number of carbonyl (C=O) groups is 1. The molecule has 1 amide bonds. The number of allylic oxidation sites excluding steroid dienone is 1. The number of rotatable bonds is 3. The van der Waals surface area contributed by atoms with Gasteiger partial charge in [0, 0.05) is 25.2 Å². The third-order valence-corrected chi connectivity index (χ3v) is 3.42. The lowest BCUT2D eigenvalue weighted by Gasteiger charge is -2.13. The third kappa shape index (κ3) is 3.35. The summed E-state index contributed by atoms with van der Waals surface area (Å²) in [7, 11) is 1.64. The molecule has 1 saturated heterocycles. The molecule has 1 atom stereocenters. The van der Waals surface area contributed by atoms with Crippen LogP contribution in [0.5, 0.6) is 5.75 Å². The summed E-state index contributed by atoms with van der Waals surface area (Å²) in [5.74, 6) is 0.856. The molecule has 1 unspecified atom stereocenters. The van der Waals surface area contributed by atoms with E-state index in [9.17, 15) is 4.79 Å². The predicted octanol–water partition coefficient (Wildman–Crippen LogP) is 1.66. The van der Waals surface area contributed by atoms with Gasteiger partial charge in [-0.15, -0.1) is 0 Å². The van der Waals surface area contributed by atoms with Crippen LogP contribution in [0.25, 0.3) is 5.57 Å². The van der Waals surface area contributed by atoms with E-state index in [-0.39, 0.29) is 11.9 Å². The highest BCUT2D eigenvalue weighted by Crippen LogP contribution is 2.19. The SMILES string of the molecule is COc1ccc(/C(C)=C/C(=O)N2CCC(N)C2)cc1. The average molecular weight is 260 g/mol. The molecular formula is C15H20N2O2. The minimum absolute atomic E-state index is 0.0428. The van der Waals surface area contributed by atoms with Crippen LogP contribution >= 0.6 is 0 Å². The van der Waals surface area contributed by atoms with E-state index in [0.29, 0.717) is 6.54 Å². The first kappa shape index (κ1) is 13.6. The maximum absolute atomic E-state index is 12.1. The average Bonchev–Trinajstić information content (AvgIpc) is 2.85. The highest BCUT2D eigenvalue weighted by Gasteiger charge is 2.22. The maximum atomic E-state index is 12.1. The van der Waals surface area contributed by atoms with E-state index in [0.717, 1.165) is 29.9 Å². The van der Waals surface area contributed by atoms with Crippen LogP contribution in [0.1, 0.15) is 18.9 Å². The largest absolute Gasteiger partial charge is 0.497 e. The van der Waals surface area contributed by atoms with Crippen LogP contribution in [0, 0.1) is 0 Å². The van der Waals surface area contributed by atoms with Gasteiger partial charge < -0.3 is 15.4 Å². The van der Waals surface area contributed by atoms with E-state index in [1.54, 1.807) is 18.1 Å². The van der Waals surface area contributed by atoms with E-state index in [4.69, 9.17) is 10.5 Å². The number of nitrogens with two attached hydrogens (primary N) is 1. The Kier molecular flexibility index (Phi) is 4.22. The number of carbonyl (C=O) groups excluding carboxylic acids is 1. The fourth-order valence-corrected chi connectivity index (χ4v) is 2.20. The van der Waals surface area contributed by atoms with E-state index in [1.807, 2.05) is 31.2 Å². The summed E-state index contributed by atoms with van der Waals surface area (Å²) in [6.07, 6.45) is 2.57. The molecule has 1 aliphatic heterocycles. The Morgan fingerprint density at radius 3 is 2.63 bits per heavy atom. The Bertz CT molecular complexity index is 479. The van der Waals surface area contributed by atoms with Crippen molar-refractivity contribution >= 4 is 11.5 Å². The second-order valence-electron chi connectivity index (χ2n) is 4.89. The Morgan fingerprint density at radius 1 is 1.42 bits per heavy atom. The monoisotopic (exact) mass is 260 g/mol. The third-order valence-electron chi connectivity index (χ3n) is 3.42. The number of methoxy groups -OCH3 is 1. The number of hydrogen-bond acceptors (Lipinski definition) is 3. The van der Waals surface area contributed by atoms with Gasteiger partial charge in [0.1, 0.15) is 5.75 Å². The lowest BCUT2D eigenvalue weighted by atomic mass is 10.1. The van der Waals surface area contributed by atoms with E-state index in [1.165, 1.54) is 0 Å². The molecule has 19 heavy (non-hydrogen) atoms. The molecule has 102 valence electrons. The molecule has 4 heteroatoms. The second-order valence-corrected chi connectivity index (χ2v) is 4.89. The summed E-state index contributed by atoms with van der Waals surface area (Å²) in [4.78, 5) is 13.9. The van der Waals surface area contributed by atoms with Crippen LogP contribution in [0.2, 0.25) is 0 Å². The van der Waals surface area contributed by atoms with Crippen molar-refractivity contribution in [2.24, 2.45) is 5.73 Å². The summed E-state index contributed by atoms with van der Waals surface area (Å²) in [6.45, 7) is 3.35. The van der Waals surface area contributed by atoms with E-state index >= 15 is 0 Å². The molecule has 1 aromatic rings. The molecule has 0 saturated carbocycles. The summed E-state index contributed by atoms with van der Waals surface area (Å²) in [6, 6.07) is 7.81. The molecule has 2 N–H and O–H groups in total. The van der Waals surface area contributed by atoms with Gasteiger partial charge in [-0.2, -0.15) is 0 Å². The zero-order chi connectivity index (χ0) is 13.8. The maximum Gasteiger partial charge on any atom is 0.246 e. The molecule has 0 radical (unpaired) electrons. The fourth-order valence-electron chi connectivity index (χ4n) is 2.20. The van der Waals surface area contributed by atoms with Gasteiger partial charge in [-0.05, 0) is 36.6 Å². The molecule has 1 aromatic carbocycles. The van der Waals surface area contributed by atoms with Crippen molar-refractivity contribution < 1.29 is 9.53 Å². The second kappa shape index (κ2) is 5.89. The summed E-state index contributed by atoms with van der Waals surface area (Å²) < 4.78 is 5.11. The molecule has 1 fully saturated rings. The van der Waals surface area contributed by atoms with Crippen molar-refractivity contribution in [3.63, 3.8) is 0 Å². The quantitative estimate of drug-likeness (QED) is 0.841. The molecule has 1 heterocycles. The summed E-state index contributed by atoms with van der Waals surface area (Å²) in [5.41, 5.74) is 7.79. The zero-order valence-electron chi connectivity index (χ0n) is 11.4. The molecule has 0 aromatic heterocycles. The van der Waals surface area contributed by atoms with Crippen LogP contribution in [0.15, 0.2) is 30.3 Å². The number of benzene rings is 1. The Labute approximate surface area is 113 Å². The summed E-state index contributed by atoms with van der Waals surface area (Å²) in [5, 5.41) is 0. The molecule has 1 aliphatic rings. The zero-order valence-corrected chi connectivity index (χ0v) is 11.4. The van der Waals surface area contributed by atoms with E-state index < -0.39 is 0 Å². The van der Waals surface area contributed by atoms with Gasteiger partial charge in [0.2, 0.25) is 5.91 Å². The van der Waals surface area contributed by atoms with Gasteiger partial charge in [0.05, 0.1) is 7.11 Å². The van der Waals surface area contributed by atoms with Crippen molar-refractivity contribution in [3.8, 4) is 5.75 Å². The highest BCUT2D eigenvalue weighted by molar-refractivity contribution is 5.95. The van der Waals surface area contributed by atoms with Gasteiger partial charge in [-0.25, -0.2) is 0 Å². The van der Waals surface area contributed by atoms with Crippen LogP contribution < -0.4 is 10.5 Å². The number of nitrogens with zero attached hydrogens (tertiary/aromatic N) is 1. The van der Waals surface area contributed by atoms with Gasteiger partial charge in [0.25, 0.3) is 0 Å². The number of ether oxygens (including phenoxy) is 1. The molecule has 0 spiro atoms. The highest BCUT2D eigenvalue weighted by atomic mass is 16.5. The lowest BCUT2D eigenvalue weighted by Crippen LogP contribution is -2.30. The molecular weight excluding hydrogens is 240 g/mol. The number of amides is 1. The van der Waals surface area contributed by atoms with Crippen LogP contribution in [-0.4, -0.2) is 37.0 Å².